The van der Waals surface area contributed by atoms with Crippen LogP contribution in [0.15, 0.2) is 29.4 Å². The molecule has 0 bridgehead atoms. The van der Waals surface area contributed by atoms with Gasteiger partial charge < -0.3 is 5.32 Å². The van der Waals surface area contributed by atoms with Crippen LogP contribution in [0.1, 0.15) is 6.42 Å². The van der Waals surface area contributed by atoms with E-state index in [9.17, 15) is 14.3 Å². The summed E-state index contributed by atoms with van der Waals surface area (Å²) in [5.41, 5.74) is 0.936. The lowest BCUT2D eigenvalue weighted by Gasteiger charge is -2.07. The molecule has 0 aliphatic carbocycles. The maximum absolute atomic E-state index is 12.3. The molecule has 2 heterocycles. The Bertz CT molecular complexity index is 716. The Labute approximate surface area is 123 Å². The summed E-state index contributed by atoms with van der Waals surface area (Å²) in [6.45, 7) is 1.86. The molecule has 3 rings (SSSR count). The normalized spacial score (nSPS) is 19.7. The van der Waals surface area contributed by atoms with E-state index in [1.54, 1.807) is 0 Å². The van der Waals surface area contributed by atoms with Crippen molar-refractivity contribution in [1.29, 1.82) is 0 Å². The van der Waals surface area contributed by atoms with E-state index in [0.29, 0.717) is 27.7 Å². The Hall–Kier alpha value is -1.93. The quantitative estimate of drug-likeness (QED) is 0.674. The molecule has 7 nitrogen and oxygen atoms in total. The van der Waals surface area contributed by atoms with E-state index in [0.717, 1.165) is 19.5 Å². The molecule has 1 aliphatic heterocycles. The van der Waals surface area contributed by atoms with Gasteiger partial charge in [0.05, 0.1) is 33.0 Å². The molecule has 1 aliphatic rings. The lowest BCUT2D eigenvalue weighted by molar-refractivity contribution is -0.384. The molecule has 0 saturated carbocycles. The Balaban J connectivity index is 1.84. The minimum absolute atomic E-state index is 0.0253. The number of nitrogens with zero attached hydrogens (tertiary/aromatic N) is 3. The molecule has 1 aromatic carbocycles. The fraction of sp³-hybridized carbons (Fsp3) is 0.385. The van der Waals surface area contributed by atoms with E-state index in [1.165, 1.54) is 24.4 Å². The van der Waals surface area contributed by atoms with Crippen molar-refractivity contribution in [3.8, 4) is 0 Å². The smallest absolute Gasteiger partial charge is 0.271 e. The van der Waals surface area contributed by atoms with Crippen molar-refractivity contribution in [1.82, 2.24) is 15.3 Å². The van der Waals surface area contributed by atoms with Crippen molar-refractivity contribution in [2.24, 2.45) is 5.92 Å². The van der Waals surface area contributed by atoms with Gasteiger partial charge in [0.2, 0.25) is 0 Å². The number of benzene rings is 1. The maximum Gasteiger partial charge on any atom is 0.271 e. The number of non-ortho nitro benzene ring substituents is 1. The highest BCUT2D eigenvalue weighted by Gasteiger charge is 2.19. The van der Waals surface area contributed by atoms with Crippen molar-refractivity contribution in [3.05, 3.63) is 34.5 Å². The fourth-order valence-electron chi connectivity index (χ4n) is 2.36. The van der Waals surface area contributed by atoms with Gasteiger partial charge in [-0.15, -0.1) is 0 Å². The summed E-state index contributed by atoms with van der Waals surface area (Å²) >= 11 is 0. The SMILES string of the molecule is O=[N+]([O-])c1ccc2nc([S@](=O)C[C@@H]3CCNC3)cnc2c1. The van der Waals surface area contributed by atoms with Gasteiger partial charge in [-0.2, -0.15) is 0 Å². The van der Waals surface area contributed by atoms with Crippen molar-refractivity contribution in [3.63, 3.8) is 0 Å². The highest BCUT2D eigenvalue weighted by Crippen LogP contribution is 2.19. The zero-order valence-electron chi connectivity index (χ0n) is 11.2. The van der Waals surface area contributed by atoms with Crippen LogP contribution in [0.25, 0.3) is 11.0 Å². The van der Waals surface area contributed by atoms with Gasteiger partial charge in [0, 0.05) is 17.9 Å². The average Bonchev–Trinajstić information content (AvgIpc) is 2.99. The van der Waals surface area contributed by atoms with Crippen molar-refractivity contribution in [2.45, 2.75) is 11.4 Å². The molecule has 0 radical (unpaired) electrons. The summed E-state index contributed by atoms with van der Waals surface area (Å²) in [6, 6.07) is 4.29. The number of fused-ring (bicyclic) bond motifs is 1. The van der Waals surface area contributed by atoms with Gasteiger partial charge in [-0.1, -0.05) is 0 Å². The Morgan fingerprint density at radius 3 is 3.00 bits per heavy atom. The molecule has 2 atom stereocenters. The van der Waals surface area contributed by atoms with Gasteiger partial charge in [0.15, 0.2) is 0 Å². The number of hydrogen-bond donors (Lipinski definition) is 1. The first kappa shape index (κ1) is 14.0. The first-order valence-electron chi connectivity index (χ1n) is 6.64. The standard InChI is InChI=1S/C13H14N4O3S/c18-17(19)10-1-2-11-12(5-10)15-7-13(16-11)21(20)8-9-3-4-14-6-9/h1-2,5,7,9,14H,3-4,6,8H2/t9-,21-/m1/s1. The summed E-state index contributed by atoms with van der Waals surface area (Å²) < 4.78 is 12.3. The zero-order valence-corrected chi connectivity index (χ0v) is 12.0. The molecular formula is C13H14N4O3S. The third-order valence-corrected chi connectivity index (χ3v) is 4.93. The number of hydrogen-bond acceptors (Lipinski definition) is 6. The second-order valence-corrected chi connectivity index (χ2v) is 6.45. The third-order valence-electron chi connectivity index (χ3n) is 3.50. The molecule has 0 amide bonds. The van der Waals surface area contributed by atoms with E-state index in [4.69, 9.17) is 0 Å². The topological polar surface area (TPSA) is 98.0 Å². The van der Waals surface area contributed by atoms with Crippen molar-refractivity contribution < 1.29 is 9.13 Å². The molecule has 8 heteroatoms. The second-order valence-electron chi connectivity index (χ2n) is 5.01. The number of nitro groups is 1. The fourth-order valence-corrected chi connectivity index (χ4v) is 3.62. The zero-order chi connectivity index (χ0) is 14.8. The first-order valence-corrected chi connectivity index (χ1v) is 7.95. The number of rotatable bonds is 4. The molecule has 0 unspecified atom stereocenters. The molecule has 2 aromatic rings. The van der Waals surface area contributed by atoms with Crippen LogP contribution >= 0.6 is 0 Å². The van der Waals surface area contributed by atoms with Crippen LogP contribution in [0.4, 0.5) is 5.69 Å². The van der Waals surface area contributed by atoms with Crippen molar-refractivity contribution in [2.75, 3.05) is 18.8 Å². The minimum Gasteiger partial charge on any atom is -0.316 e. The summed E-state index contributed by atoms with van der Waals surface area (Å²) in [5.74, 6) is 0.973. The van der Waals surface area contributed by atoms with Gasteiger partial charge in [0.25, 0.3) is 5.69 Å². The first-order chi connectivity index (χ1) is 10.1. The van der Waals surface area contributed by atoms with E-state index < -0.39 is 15.7 Å². The van der Waals surface area contributed by atoms with Crippen LogP contribution in [-0.4, -0.2) is 37.9 Å². The third kappa shape index (κ3) is 3.06. The van der Waals surface area contributed by atoms with E-state index in [-0.39, 0.29) is 5.69 Å². The van der Waals surface area contributed by atoms with Crippen LogP contribution in [0.3, 0.4) is 0 Å². The van der Waals surface area contributed by atoms with E-state index in [2.05, 4.69) is 15.3 Å². The van der Waals surface area contributed by atoms with Gasteiger partial charge >= 0.3 is 0 Å². The molecule has 1 fully saturated rings. The van der Waals surface area contributed by atoms with Crippen LogP contribution in [0.2, 0.25) is 0 Å². The molecule has 0 spiro atoms. The molecule has 1 N–H and O–H groups in total. The van der Waals surface area contributed by atoms with E-state index >= 15 is 0 Å². The monoisotopic (exact) mass is 306 g/mol. The Kier molecular flexibility index (Phi) is 3.89. The highest BCUT2D eigenvalue weighted by atomic mass is 32.2. The number of nitrogens with one attached hydrogen (secondary N) is 1. The van der Waals surface area contributed by atoms with Gasteiger partial charge in [-0.25, -0.2) is 4.98 Å². The molecular weight excluding hydrogens is 292 g/mol. The van der Waals surface area contributed by atoms with E-state index in [1.807, 2.05) is 0 Å². The van der Waals surface area contributed by atoms with Gasteiger partial charge in [-0.3, -0.25) is 19.3 Å². The van der Waals surface area contributed by atoms with Gasteiger partial charge in [-0.05, 0) is 31.5 Å². The number of aromatic nitrogens is 2. The molecule has 1 aromatic heterocycles. The predicted molar refractivity (Wildman–Crippen MR) is 78.4 cm³/mol. The maximum atomic E-state index is 12.3. The number of nitro benzene ring substituents is 1. The second kappa shape index (κ2) is 5.82. The summed E-state index contributed by atoms with van der Waals surface area (Å²) in [4.78, 5) is 18.7. The minimum atomic E-state index is -1.19. The lowest BCUT2D eigenvalue weighted by atomic mass is 10.2. The van der Waals surface area contributed by atoms with Crippen LogP contribution in [0, 0.1) is 16.0 Å². The largest absolute Gasteiger partial charge is 0.316 e. The lowest BCUT2D eigenvalue weighted by Crippen LogP contribution is -2.15. The summed E-state index contributed by atoms with van der Waals surface area (Å²) in [6.07, 6.45) is 2.48. The molecule has 1 saturated heterocycles. The molecule has 110 valence electrons. The van der Waals surface area contributed by atoms with Gasteiger partial charge in [0.1, 0.15) is 5.03 Å². The van der Waals surface area contributed by atoms with Crippen molar-refractivity contribution >= 4 is 27.5 Å². The Morgan fingerprint density at radius 1 is 1.43 bits per heavy atom. The molecule has 21 heavy (non-hydrogen) atoms. The Morgan fingerprint density at radius 2 is 2.29 bits per heavy atom. The highest BCUT2D eigenvalue weighted by molar-refractivity contribution is 7.84. The predicted octanol–water partition coefficient (Wildman–Crippen LogP) is 1.26. The van der Waals surface area contributed by atoms with Crippen LogP contribution in [0.5, 0.6) is 0 Å². The average molecular weight is 306 g/mol. The van der Waals surface area contributed by atoms with Crippen LogP contribution in [-0.2, 0) is 10.8 Å². The summed E-state index contributed by atoms with van der Waals surface area (Å²) in [5, 5.41) is 14.4. The summed E-state index contributed by atoms with van der Waals surface area (Å²) in [7, 11) is -1.19. The van der Waals surface area contributed by atoms with Crippen LogP contribution < -0.4 is 5.32 Å².